The van der Waals surface area contributed by atoms with Gasteiger partial charge in [-0.15, -0.1) is 0 Å². The molecular weight excluding hydrogens is 460 g/mol. The average Bonchev–Trinajstić information content (AvgIpc) is 3.52. The van der Waals surface area contributed by atoms with E-state index in [0.717, 1.165) is 73.5 Å². The molecule has 0 aliphatic carbocycles. The van der Waals surface area contributed by atoms with Gasteiger partial charge in [0.2, 0.25) is 0 Å². The third kappa shape index (κ3) is 4.45. The molecule has 36 heavy (non-hydrogen) atoms. The lowest BCUT2D eigenvalue weighted by Crippen LogP contribution is -2.43. The molecule has 2 atom stereocenters. The topological polar surface area (TPSA) is 69.0 Å². The third-order valence-corrected chi connectivity index (χ3v) is 7.78. The zero-order valence-electron chi connectivity index (χ0n) is 20.4. The van der Waals surface area contributed by atoms with E-state index in [1.54, 1.807) is 25.3 Å². The summed E-state index contributed by atoms with van der Waals surface area (Å²) in [7, 11) is 1.75. The summed E-state index contributed by atoms with van der Waals surface area (Å²) in [6.07, 6.45) is 4.79. The highest BCUT2D eigenvalue weighted by molar-refractivity contribution is 5.85. The fraction of sp³-hybridized carbons (Fsp3) is 0.393. The summed E-state index contributed by atoms with van der Waals surface area (Å²) in [6, 6.07) is 11.5. The smallest absolute Gasteiger partial charge is 0.125 e. The van der Waals surface area contributed by atoms with Crippen molar-refractivity contribution in [1.29, 1.82) is 0 Å². The second kappa shape index (κ2) is 9.76. The van der Waals surface area contributed by atoms with Crippen LogP contribution in [-0.2, 0) is 11.2 Å². The number of rotatable bonds is 6. The highest BCUT2D eigenvalue weighted by Crippen LogP contribution is 2.42. The van der Waals surface area contributed by atoms with Crippen molar-refractivity contribution in [3.63, 3.8) is 0 Å². The fourth-order valence-corrected chi connectivity index (χ4v) is 5.86. The van der Waals surface area contributed by atoms with Crippen molar-refractivity contribution < 1.29 is 13.5 Å². The first-order chi connectivity index (χ1) is 17.6. The Labute approximate surface area is 209 Å². The van der Waals surface area contributed by atoms with Gasteiger partial charge in [0.15, 0.2) is 0 Å². The van der Waals surface area contributed by atoms with E-state index in [1.165, 1.54) is 29.5 Å². The van der Waals surface area contributed by atoms with Gasteiger partial charge in [0.1, 0.15) is 17.5 Å². The number of fused-ring (bicyclic) bond motifs is 3. The van der Waals surface area contributed by atoms with Crippen molar-refractivity contribution in [3.8, 4) is 11.3 Å². The Morgan fingerprint density at radius 1 is 1.06 bits per heavy atom. The Morgan fingerprint density at radius 3 is 2.61 bits per heavy atom. The number of hydrogen-bond acceptors (Lipinski definition) is 4. The molecule has 2 aromatic heterocycles. The normalized spacial score (nSPS) is 21.2. The van der Waals surface area contributed by atoms with Crippen LogP contribution in [0.15, 0.2) is 48.7 Å². The van der Waals surface area contributed by atoms with Crippen molar-refractivity contribution >= 4 is 10.9 Å². The van der Waals surface area contributed by atoms with E-state index in [1.807, 2.05) is 12.3 Å². The molecule has 1 unspecified atom stereocenters. The quantitative estimate of drug-likeness (QED) is 0.350. The van der Waals surface area contributed by atoms with Crippen LogP contribution in [-0.4, -0.2) is 53.2 Å². The van der Waals surface area contributed by atoms with Crippen LogP contribution in [0.1, 0.15) is 42.0 Å². The van der Waals surface area contributed by atoms with Crippen LogP contribution in [0.25, 0.3) is 22.2 Å². The molecule has 4 heterocycles. The number of methoxy groups -OCH3 is 1. The largest absolute Gasteiger partial charge is 0.383 e. The minimum absolute atomic E-state index is 0.00716. The Hall–Kier alpha value is -3.07. The van der Waals surface area contributed by atoms with Crippen LogP contribution in [0.4, 0.5) is 8.78 Å². The molecule has 0 saturated carbocycles. The number of H-pyrrole nitrogens is 2. The molecule has 2 aliphatic heterocycles. The second-order valence-corrected chi connectivity index (χ2v) is 9.96. The van der Waals surface area contributed by atoms with Crippen molar-refractivity contribution in [2.45, 2.75) is 31.3 Å². The highest BCUT2D eigenvalue weighted by atomic mass is 19.1. The summed E-state index contributed by atoms with van der Waals surface area (Å²) in [5.74, 6) is 0.820. The van der Waals surface area contributed by atoms with E-state index < -0.39 is 0 Å². The molecule has 0 radical (unpaired) electrons. The number of aromatic amines is 2. The number of benzene rings is 2. The molecule has 1 saturated heterocycles. The summed E-state index contributed by atoms with van der Waals surface area (Å²) in [5, 5.41) is 4.96. The van der Waals surface area contributed by atoms with Gasteiger partial charge >= 0.3 is 0 Å². The van der Waals surface area contributed by atoms with Gasteiger partial charge in [0.05, 0.1) is 24.4 Å². The number of imidazole rings is 1. The van der Waals surface area contributed by atoms with Gasteiger partial charge in [0, 0.05) is 42.0 Å². The van der Waals surface area contributed by atoms with E-state index >= 15 is 0 Å². The van der Waals surface area contributed by atoms with Gasteiger partial charge in [-0.2, -0.15) is 0 Å². The minimum atomic E-state index is -0.261. The predicted molar refractivity (Wildman–Crippen MR) is 136 cm³/mol. The fourth-order valence-electron chi connectivity index (χ4n) is 5.86. The van der Waals surface area contributed by atoms with E-state index in [4.69, 9.17) is 9.72 Å². The van der Waals surface area contributed by atoms with Crippen molar-refractivity contribution in [2.75, 3.05) is 33.4 Å². The molecule has 2 aromatic carbocycles. The number of likely N-dealkylation sites (tertiary alicyclic amines) is 1. The monoisotopic (exact) mass is 491 g/mol. The zero-order chi connectivity index (χ0) is 24.6. The average molecular weight is 492 g/mol. The van der Waals surface area contributed by atoms with E-state index in [2.05, 4.69) is 20.2 Å². The van der Waals surface area contributed by atoms with Gasteiger partial charge in [-0.1, -0.05) is 0 Å². The number of nitrogens with zero attached hydrogens (tertiary/aromatic N) is 2. The Bertz CT molecular complexity index is 1340. The van der Waals surface area contributed by atoms with Gasteiger partial charge in [-0.05, 0) is 86.3 Å². The lowest BCUT2D eigenvalue weighted by molar-refractivity contribution is 0.106. The van der Waals surface area contributed by atoms with Crippen molar-refractivity contribution in [2.24, 2.45) is 5.92 Å². The first-order valence-corrected chi connectivity index (χ1v) is 12.7. The molecule has 3 N–H and O–H groups in total. The standard InChI is InChI=1S/C28H31F2N5O/c1-36-13-12-35-10-8-18(9-11-35)26-27-22(21-7-6-20(30)14-23(21)32-27)15-24(33-26)28-31-16-25(34-28)17-2-4-19(29)5-3-17/h2-7,14,16,18,24,26,32-33H,8-13,15H2,1H3,(H,31,34)/t24-,26?/m1/s1. The van der Waals surface area contributed by atoms with Crippen LogP contribution in [0.5, 0.6) is 0 Å². The van der Waals surface area contributed by atoms with E-state index in [9.17, 15) is 8.78 Å². The van der Waals surface area contributed by atoms with Gasteiger partial charge in [-0.25, -0.2) is 13.8 Å². The van der Waals surface area contributed by atoms with Gasteiger partial charge in [-0.3, -0.25) is 5.32 Å². The Balaban J connectivity index is 1.31. The second-order valence-electron chi connectivity index (χ2n) is 9.96. The number of halogens is 2. The Kier molecular flexibility index (Phi) is 6.33. The van der Waals surface area contributed by atoms with Gasteiger partial charge < -0.3 is 19.6 Å². The number of hydrogen-bond donors (Lipinski definition) is 3. The number of aromatic nitrogens is 3. The number of nitrogens with one attached hydrogen (secondary N) is 3. The lowest BCUT2D eigenvalue weighted by Gasteiger charge is -2.40. The Morgan fingerprint density at radius 2 is 1.83 bits per heavy atom. The first kappa shape index (κ1) is 23.3. The predicted octanol–water partition coefficient (Wildman–Crippen LogP) is 5.12. The zero-order valence-corrected chi connectivity index (χ0v) is 20.4. The molecule has 188 valence electrons. The summed E-state index contributed by atoms with van der Waals surface area (Å²) < 4.78 is 32.7. The maximum absolute atomic E-state index is 14.0. The van der Waals surface area contributed by atoms with Crippen molar-refractivity contribution in [1.82, 2.24) is 25.2 Å². The van der Waals surface area contributed by atoms with Crippen LogP contribution in [0.2, 0.25) is 0 Å². The maximum Gasteiger partial charge on any atom is 0.125 e. The van der Waals surface area contributed by atoms with E-state index in [-0.39, 0.29) is 23.7 Å². The molecule has 8 heteroatoms. The molecule has 2 aliphatic rings. The van der Waals surface area contributed by atoms with Crippen LogP contribution >= 0.6 is 0 Å². The number of piperidine rings is 1. The molecule has 1 fully saturated rings. The van der Waals surface area contributed by atoms with Crippen LogP contribution in [0, 0.1) is 17.6 Å². The molecule has 6 nitrogen and oxygen atoms in total. The summed E-state index contributed by atoms with van der Waals surface area (Å²) in [6.45, 7) is 3.79. The lowest BCUT2D eigenvalue weighted by atomic mass is 9.82. The van der Waals surface area contributed by atoms with Gasteiger partial charge in [0.25, 0.3) is 0 Å². The molecule has 4 aromatic rings. The first-order valence-electron chi connectivity index (χ1n) is 12.7. The minimum Gasteiger partial charge on any atom is -0.383 e. The van der Waals surface area contributed by atoms with Crippen molar-refractivity contribution in [3.05, 3.63) is 77.4 Å². The molecule has 6 rings (SSSR count). The van der Waals surface area contributed by atoms with E-state index in [0.29, 0.717) is 5.92 Å². The molecule has 0 bridgehead atoms. The maximum atomic E-state index is 14.0. The summed E-state index contributed by atoms with van der Waals surface area (Å²) in [5.41, 5.74) is 4.92. The summed E-state index contributed by atoms with van der Waals surface area (Å²) in [4.78, 5) is 14.3. The highest BCUT2D eigenvalue weighted by Gasteiger charge is 2.37. The summed E-state index contributed by atoms with van der Waals surface area (Å²) >= 11 is 0. The molecule has 0 spiro atoms. The van der Waals surface area contributed by atoms with Crippen LogP contribution < -0.4 is 5.32 Å². The van der Waals surface area contributed by atoms with Crippen LogP contribution in [0.3, 0.4) is 0 Å². The SMILES string of the molecule is COCCN1CCC(C2N[C@@H](c3nc(-c4ccc(F)cc4)c[nH]3)Cc3c2[nH]c2cc(F)ccc32)CC1. The third-order valence-electron chi connectivity index (χ3n) is 7.78. The number of ether oxygens (including phenoxy) is 1. The molecular formula is C28H31F2N5O. The molecule has 0 amide bonds.